The number of terminal acetylenes is 1. The zero-order chi connectivity index (χ0) is 11.8. The number of rotatable bonds is 1. The summed E-state index contributed by atoms with van der Waals surface area (Å²) < 4.78 is 25.1. The van der Waals surface area contributed by atoms with Crippen molar-refractivity contribution in [3.8, 4) is 12.3 Å². The summed E-state index contributed by atoms with van der Waals surface area (Å²) in [5, 5.41) is 0. The summed E-state index contributed by atoms with van der Waals surface area (Å²) in [4.78, 5) is 0. The molecule has 2 rings (SSSR count). The minimum absolute atomic E-state index is 0.166. The fourth-order valence-electron chi connectivity index (χ4n) is 1.92. The van der Waals surface area contributed by atoms with Gasteiger partial charge in [-0.1, -0.05) is 18.9 Å². The van der Waals surface area contributed by atoms with Crippen molar-refractivity contribution in [1.82, 2.24) is 0 Å². The largest absolute Gasteiger partial charge is 0.270 e. The second kappa shape index (κ2) is 3.84. The van der Waals surface area contributed by atoms with Crippen LogP contribution >= 0.6 is 0 Å². The van der Waals surface area contributed by atoms with Gasteiger partial charge in [0, 0.05) is 12.1 Å². The molecule has 1 aromatic rings. The van der Waals surface area contributed by atoms with Crippen LogP contribution in [0.15, 0.2) is 24.3 Å². The number of sulfonamides is 1. The Labute approximate surface area is 96.1 Å². The van der Waals surface area contributed by atoms with E-state index in [0.29, 0.717) is 17.8 Å². The SMILES string of the molecule is C#Cc1cccc(N2CC(C)CS2(=O)=O)c1. The number of nitrogens with zero attached hydrogens (tertiary/aromatic N) is 1. The lowest BCUT2D eigenvalue weighted by molar-refractivity contribution is 0.598. The molecule has 0 spiro atoms. The average molecular weight is 235 g/mol. The van der Waals surface area contributed by atoms with E-state index in [9.17, 15) is 8.42 Å². The van der Waals surface area contributed by atoms with Crippen molar-refractivity contribution in [3.63, 3.8) is 0 Å². The third-order valence-corrected chi connectivity index (χ3v) is 4.63. The zero-order valence-corrected chi connectivity index (χ0v) is 9.87. The van der Waals surface area contributed by atoms with Crippen molar-refractivity contribution in [3.05, 3.63) is 29.8 Å². The van der Waals surface area contributed by atoms with E-state index in [1.807, 2.05) is 6.92 Å². The van der Waals surface area contributed by atoms with E-state index in [2.05, 4.69) is 5.92 Å². The molecule has 4 heteroatoms. The fourth-order valence-corrected chi connectivity index (χ4v) is 3.84. The molecular weight excluding hydrogens is 222 g/mol. The van der Waals surface area contributed by atoms with Gasteiger partial charge in [-0.3, -0.25) is 4.31 Å². The quantitative estimate of drug-likeness (QED) is 0.691. The molecule has 16 heavy (non-hydrogen) atoms. The van der Waals surface area contributed by atoms with Gasteiger partial charge in [0.15, 0.2) is 0 Å². The number of hydrogen-bond acceptors (Lipinski definition) is 2. The van der Waals surface area contributed by atoms with Crippen LogP contribution in [0.4, 0.5) is 5.69 Å². The van der Waals surface area contributed by atoms with Gasteiger partial charge in [-0.15, -0.1) is 6.42 Å². The molecule has 3 nitrogen and oxygen atoms in total. The van der Waals surface area contributed by atoms with Crippen LogP contribution in [0.25, 0.3) is 0 Å². The standard InChI is InChI=1S/C12H13NO2S/c1-3-11-5-4-6-12(7-11)13-8-10(2)9-16(13,14)15/h1,4-7,10H,8-9H2,2H3. The Balaban J connectivity index is 2.42. The Morgan fingerprint density at radius 3 is 2.81 bits per heavy atom. The highest BCUT2D eigenvalue weighted by Crippen LogP contribution is 2.27. The van der Waals surface area contributed by atoms with Gasteiger partial charge >= 0.3 is 0 Å². The minimum Gasteiger partial charge on any atom is -0.270 e. The fraction of sp³-hybridized carbons (Fsp3) is 0.333. The number of hydrogen-bond donors (Lipinski definition) is 0. The highest BCUT2D eigenvalue weighted by molar-refractivity contribution is 7.93. The predicted molar refractivity (Wildman–Crippen MR) is 64.7 cm³/mol. The van der Waals surface area contributed by atoms with Gasteiger partial charge in [0.05, 0.1) is 11.4 Å². The topological polar surface area (TPSA) is 37.4 Å². The number of anilines is 1. The van der Waals surface area contributed by atoms with Crippen LogP contribution in [0, 0.1) is 18.3 Å². The Kier molecular flexibility index (Phi) is 2.64. The van der Waals surface area contributed by atoms with Crippen LogP contribution < -0.4 is 4.31 Å². The molecule has 0 N–H and O–H groups in total. The van der Waals surface area contributed by atoms with Crippen LogP contribution in [0.1, 0.15) is 12.5 Å². The third kappa shape index (κ3) is 1.91. The van der Waals surface area contributed by atoms with Gasteiger partial charge in [0.1, 0.15) is 0 Å². The molecule has 0 bridgehead atoms. The average Bonchev–Trinajstić information content (AvgIpc) is 2.52. The van der Waals surface area contributed by atoms with Crippen molar-refractivity contribution in [2.24, 2.45) is 5.92 Å². The molecule has 0 saturated carbocycles. The Hall–Kier alpha value is -1.47. The Bertz CT molecular complexity index is 542. The maximum Gasteiger partial charge on any atom is 0.235 e. The molecule has 0 aromatic heterocycles. The third-order valence-electron chi connectivity index (χ3n) is 2.61. The lowest BCUT2D eigenvalue weighted by Gasteiger charge is -2.17. The van der Waals surface area contributed by atoms with E-state index in [1.165, 1.54) is 4.31 Å². The maximum absolute atomic E-state index is 11.8. The van der Waals surface area contributed by atoms with E-state index in [-0.39, 0.29) is 11.7 Å². The van der Waals surface area contributed by atoms with E-state index < -0.39 is 10.0 Å². The highest BCUT2D eigenvalue weighted by atomic mass is 32.2. The Morgan fingerprint density at radius 1 is 1.50 bits per heavy atom. The highest BCUT2D eigenvalue weighted by Gasteiger charge is 2.33. The molecule has 1 aliphatic rings. The lowest BCUT2D eigenvalue weighted by atomic mass is 10.2. The summed E-state index contributed by atoms with van der Waals surface area (Å²) in [7, 11) is -3.15. The van der Waals surface area contributed by atoms with E-state index in [1.54, 1.807) is 24.3 Å². The van der Waals surface area contributed by atoms with Gasteiger partial charge in [0.25, 0.3) is 0 Å². The second-order valence-corrected chi connectivity index (χ2v) is 6.05. The van der Waals surface area contributed by atoms with Crippen LogP contribution in [0.2, 0.25) is 0 Å². The summed E-state index contributed by atoms with van der Waals surface area (Å²) >= 11 is 0. The molecule has 1 heterocycles. The molecule has 1 aromatic carbocycles. The minimum atomic E-state index is -3.15. The summed E-state index contributed by atoms with van der Waals surface area (Å²) in [6, 6.07) is 7.07. The summed E-state index contributed by atoms with van der Waals surface area (Å²) in [5.41, 5.74) is 1.37. The molecule has 1 atom stereocenters. The van der Waals surface area contributed by atoms with Gasteiger partial charge < -0.3 is 0 Å². The van der Waals surface area contributed by atoms with Crippen molar-refractivity contribution in [1.29, 1.82) is 0 Å². The van der Waals surface area contributed by atoms with Gasteiger partial charge in [0.2, 0.25) is 10.0 Å². The van der Waals surface area contributed by atoms with Crippen LogP contribution in [0.5, 0.6) is 0 Å². The summed E-state index contributed by atoms with van der Waals surface area (Å²) in [5.74, 6) is 2.89. The van der Waals surface area contributed by atoms with Crippen molar-refractivity contribution in [2.75, 3.05) is 16.6 Å². The first-order chi connectivity index (χ1) is 7.53. The molecule has 84 valence electrons. The van der Waals surface area contributed by atoms with E-state index >= 15 is 0 Å². The maximum atomic E-state index is 11.8. The molecular formula is C12H13NO2S. The van der Waals surface area contributed by atoms with Crippen LogP contribution in [-0.2, 0) is 10.0 Å². The molecule has 1 saturated heterocycles. The molecule has 0 aliphatic carbocycles. The van der Waals surface area contributed by atoms with E-state index in [4.69, 9.17) is 6.42 Å². The van der Waals surface area contributed by atoms with Crippen molar-refractivity contribution < 1.29 is 8.42 Å². The molecule has 1 fully saturated rings. The van der Waals surface area contributed by atoms with Crippen molar-refractivity contribution >= 4 is 15.7 Å². The summed E-state index contributed by atoms with van der Waals surface area (Å²) in [6.07, 6.45) is 5.29. The monoisotopic (exact) mass is 235 g/mol. The first kappa shape index (κ1) is 11.0. The zero-order valence-electron chi connectivity index (χ0n) is 9.05. The molecule has 0 radical (unpaired) electrons. The van der Waals surface area contributed by atoms with E-state index in [0.717, 1.165) is 0 Å². The molecule has 1 unspecified atom stereocenters. The van der Waals surface area contributed by atoms with Gasteiger partial charge in [-0.05, 0) is 24.1 Å². The predicted octanol–water partition coefficient (Wildman–Crippen LogP) is 1.45. The van der Waals surface area contributed by atoms with Crippen LogP contribution in [0.3, 0.4) is 0 Å². The van der Waals surface area contributed by atoms with Gasteiger partial charge in [-0.25, -0.2) is 8.42 Å². The Morgan fingerprint density at radius 2 is 2.25 bits per heavy atom. The van der Waals surface area contributed by atoms with Crippen LogP contribution in [-0.4, -0.2) is 20.7 Å². The van der Waals surface area contributed by atoms with Gasteiger partial charge in [-0.2, -0.15) is 0 Å². The molecule has 0 amide bonds. The van der Waals surface area contributed by atoms with Crippen molar-refractivity contribution in [2.45, 2.75) is 6.92 Å². The first-order valence-corrected chi connectivity index (χ1v) is 6.71. The lowest BCUT2D eigenvalue weighted by Crippen LogP contribution is -2.25. The second-order valence-electron chi connectivity index (χ2n) is 4.11. The normalized spacial score (nSPS) is 23.0. The summed E-state index contributed by atoms with van der Waals surface area (Å²) in [6.45, 7) is 2.47. The smallest absolute Gasteiger partial charge is 0.235 e. The number of benzene rings is 1. The molecule has 1 aliphatic heterocycles. The first-order valence-electron chi connectivity index (χ1n) is 5.10.